The van der Waals surface area contributed by atoms with E-state index in [9.17, 15) is 9.18 Å². The van der Waals surface area contributed by atoms with Gasteiger partial charge in [-0.2, -0.15) is 0 Å². The van der Waals surface area contributed by atoms with Gasteiger partial charge in [0, 0.05) is 50.5 Å². The summed E-state index contributed by atoms with van der Waals surface area (Å²) in [5.41, 5.74) is 2.70. The molecular weight excluding hydrogens is 520 g/mol. The van der Waals surface area contributed by atoms with Crippen LogP contribution in [0.2, 0.25) is 0 Å². The zero-order valence-corrected chi connectivity index (χ0v) is 21.1. The number of amides is 1. The van der Waals surface area contributed by atoms with Crippen LogP contribution < -0.4 is 20.9 Å². The molecule has 0 unspecified atom stereocenters. The van der Waals surface area contributed by atoms with Gasteiger partial charge in [-0.05, 0) is 62.1 Å². The first-order chi connectivity index (χ1) is 15.1. The molecule has 3 rings (SSSR count). The highest BCUT2D eigenvalue weighted by Gasteiger charge is 2.20. The smallest absolute Gasteiger partial charge is 0.251 e. The molecule has 2 aromatic carbocycles. The molecule has 0 atom stereocenters. The van der Waals surface area contributed by atoms with Crippen molar-refractivity contribution in [1.82, 2.24) is 16.0 Å². The third-order valence-electron chi connectivity index (χ3n) is 5.44. The van der Waals surface area contributed by atoms with E-state index in [1.807, 2.05) is 30.3 Å². The summed E-state index contributed by atoms with van der Waals surface area (Å²) in [6.45, 7) is 5.24. The largest absolute Gasteiger partial charge is 0.371 e. The zero-order valence-electron chi connectivity index (χ0n) is 18.7. The maximum Gasteiger partial charge on any atom is 0.251 e. The van der Waals surface area contributed by atoms with E-state index in [0.717, 1.165) is 56.1 Å². The lowest BCUT2D eigenvalue weighted by molar-refractivity contribution is 0.0963. The lowest BCUT2D eigenvalue weighted by Crippen LogP contribution is -2.48. The molecule has 0 spiro atoms. The highest BCUT2D eigenvalue weighted by Crippen LogP contribution is 2.20. The second-order valence-corrected chi connectivity index (χ2v) is 7.68. The molecule has 0 aliphatic carbocycles. The number of hydrogen-bond donors (Lipinski definition) is 3. The molecule has 1 fully saturated rings. The molecule has 174 valence electrons. The lowest BCUT2D eigenvalue weighted by atomic mass is 10.0. The second-order valence-electron chi connectivity index (χ2n) is 7.68. The van der Waals surface area contributed by atoms with E-state index in [2.05, 4.69) is 27.8 Å². The van der Waals surface area contributed by atoms with Crippen molar-refractivity contribution in [2.45, 2.75) is 32.2 Å². The molecule has 0 saturated carbocycles. The molecule has 2 aromatic rings. The topological polar surface area (TPSA) is 68.8 Å². The quantitative estimate of drug-likeness (QED) is 0.279. The minimum Gasteiger partial charge on any atom is -0.371 e. The Morgan fingerprint density at radius 2 is 1.91 bits per heavy atom. The van der Waals surface area contributed by atoms with E-state index in [-0.39, 0.29) is 35.7 Å². The first kappa shape index (κ1) is 25.9. The van der Waals surface area contributed by atoms with Crippen LogP contribution in [-0.4, -0.2) is 51.1 Å². The molecule has 1 aliphatic heterocycles. The fraction of sp³-hybridized carbons (Fsp3) is 0.417. The number of rotatable bonds is 7. The van der Waals surface area contributed by atoms with Gasteiger partial charge in [0.05, 0.1) is 0 Å². The van der Waals surface area contributed by atoms with E-state index in [4.69, 9.17) is 4.99 Å². The van der Waals surface area contributed by atoms with Gasteiger partial charge in [0.2, 0.25) is 0 Å². The number of nitrogens with one attached hydrogen (secondary N) is 3. The van der Waals surface area contributed by atoms with Crippen molar-refractivity contribution in [1.29, 1.82) is 0 Å². The Labute approximate surface area is 207 Å². The van der Waals surface area contributed by atoms with Crippen LogP contribution in [0.25, 0.3) is 0 Å². The van der Waals surface area contributed by atoms with Gasteiger partial charge in [0.25, 0.3) is 5.91 Å². The molecule has 0 bridgehead atoms. The van der Waals surface area contributed by atoms with Gasteiger partial charge in [-0.1, -0.05) is 18.2 Å². The third-order valence-corrected chi connectivity index (χ3v) is 5.44. The summed E-state index contributed by atoms with van der Waals surface area (Å²) in [7, 11) is 1.64. The minimum atomic E-state index is -0.194. The van der Waals surface area contributed by atoms with Crippen LogP contribution in [0, 0.1) is 5.82 Å². The van der Waals surface area contributed by atoms with Gasteiger partial charge in [-0.25, -0.2) is 4.39 Å². The number of carbonyl (C=O) groups excluding carboxylic acids is 1. The van der Waals surface area contributed by atoms with E-state index in [1.165, 1.54) is 6.07 Å². The molecule has 1 aliphatic rings. The SMILES string of the molecule is CCNC(=NCCc1cccc(C(=O)NC)c1)NC1CCN(c2cccc(F)c2)CC1.I. The first-order valence-electron chi connectivity index (χ1n) is 11.0. The molecule has 3 N–H and O–H groups in total. The van der Waals surface area contributed by atoms with Crippen LogP contribution >= 0.6 is 24.0 Å². The zero-order chi connectivity index (χ0) is 22.1. The molecule has 1 saturated heterocycles. The number of aliphatic imine (C=N–C) groups is 1. The number of piperidine rings is 1. The number of hydrogen-bond acceptors (Lipinski definition) is 3. The van der Waals surface area contributed by atoms with Crippen molar-refractivity contribution in [3.05, 3.63) is 65.5 Å². The van der Waals surface area contributed by atoms with Crippen LogP contribution in [-0.2, 0) is 6.42 Å². The molecule has 8 heteroatoms. The van der Waals surface area contributed by atoms with Crippen LogP contribution in [0.3, 0.4) is 0 Å². The van der Waals surface area contributed by atoms with E-state index >= 15 is 0 Å². The fourth-order valence-corrected chi connectivity index (χ4v) is 3.78. The molecule has 1 heterocycles. The second kappa shape index (κ2) is 13.2. The first-order valence-corrected chi connectivity index (χ1v) is 11.0. The molecule has 6 nitrogen and oxygen atoms in total. The highest BCUT2D eigenvalue weighted by atomic mass is 127. The van der Waals surface area contributed by atoms with Crippen LogP contribution in [0.15, 0.2) is 53.5 Å². The van der Waals surface area contributed by atoms with Gasteiger partial charge in [0.1, 0.15) is 5.82 Å². The van der Waals surface area contributed by atoms with Gasteiger partial charge < -0.3 is 20.9 Å². The number of carbonyl (C=O) groups is 1. The third kappa shape index (κ3) is 7.65. The number of nitrogens with zero attached hydrogens (tertiary/aromatic N) is 2. The fourth-order valence-electron chi connectivity index (χ4n) is 3.78. The normalized spacial score (nSPS) is 14.5. The Bertz CT molecular complexity index is 899. The Balaban J connectivity index is 0.00000363. The van der Waals surface area contributed by atoms with Crippen molar-refractivity contribution in [2.24, 2.45) is 4.99 Å². The van der Waals surface area contributed by atoms with E-state index < -0.39 is 0 Å². The lowest BCUT2D eigenvalue weighted by Gasteiger charge is -2.34. The van der Waals surface area contributed by atoms with Gasteiger partial charge in [-0.15, -0.1) is 24.0 Å². The Kier molecular flexibility index (Phi) is 10.7. The molecule has 0 aromatic heterocycles. The molecule has 0 radical (unpaired) electrons. The highest BCUT2D eigenvalue weighted by molar-refractivity contribution is 14.0. The maximum atomic E-state index is 13.5. The summed E-state index contributed by atoms with van der Waals surface area (Å²) in [4.78, 5) is 18.7. The monoisotopic (exact) mass is 553 g/mol. The Morgan fingerprint density at radius 1 is 1.16 bits per heavy atom. The summed E-state index contributed by atoms with van der Waals surface area (Å²) in [5.74, 6) is 0.541. The maximum absolute atomic E-state index is 13.5. The Hall–Kier alpha value is -2.36. The summed E-state index contributed by atoms with van der Waals surface area (Å²) in [6.07, 6.45) is 2.70. The van der Waals surface area contributed by atoms with Crippen molar-refractivity contribution in [3.8, 4) is 0 Å². The summed E-state index contributed by atoms with van der Waals surface area (Å²) >= 11 is 0. The number of halogens is 2. The molecule has 1 amide bonds. The predicted octanol–water partition coefficient (Wildman–Crippen LogP) is 3.57. The molecule has 32 heavy (non-hydrogen) atoms. The summed E-state index contributed by atoms with van der Waals surface area (Å²) < 4.78 is 13.5. The minimum absolute atomic E-state index is 0. The van der Waals surface area contributed by atoms with Crippen molar-refractivity contribution in [2.75, 3.05) is 38.1 Å². The van der Waals surface area contributed by atoms with Crippen LogP contribution in [0.1, 0.15) is 35.7 Å². The van der Waals surface area contributed by atoms with Crippen molar-refractivity contribution in [3.63, 3.8) is 0 Å². The average Bonchev–Trinajstić information content (AvgIpc) is 2.79. The summed E-state index contributed by atoms with van der Waals surface area (Å²) in [5, 5.41) is 9.51. The average molecular weight is 553 g/mol. The van der Waals surface area contributed by atoms with Gasteiger partial charge >= 0.3 is 0 Å². The number of benzene rings is 2. The summed E-state index contributed by atoms with van der Waals surface area (Å²) in [6, 6.07) is 14.8. The van der Waals surface area contributed by atoms with E-state index in [1.54, 1.807) is 19.2 Å². The van der Waals surface area contributed by atoms with Crippen LogP contribution in [0.4, 0.5) is 10.1 Å². The number of guanidine groups is 1. The molecular formula is C24H33FIN5O. The van der Waals surface area contributed by atoms with Gasteiger partial charge in [-0.3, -0.25) is 9.79 Å². The van der Waals surface area contributed by atoms with Gasteiger partial charge in [0.15, 0.2) is 5.96 Å². The van der Waals surface area contributed by atoms with Crippen molar-refractivity contribution < 1.29 is 9.18 Å². The predicted molar refractivity (Wildman–Crippen MR) is 140 cm³/mol. The Morgan fingerprint density at radius 3 is 2.59 bits per heavy atom. The van der Waals surface area contributed by atoms with E-state index in [0.29, 0.717) is 18.2 Å². The number of anilines is 1. The van der Waals surface area contributed by atoms with Crippen LogP contribution in [0.5, 0.6) is 0 Å². The standard InChI is InChI=1S/C24H32FN5O.HI/c1-3-27-24(28-13-10-18-6-4-7-19(16-18)23(31)26-2)29-21-11-14-30(15-12-21)22-9-5-8-20(25)17-22;/h4-9,16-17,21H,3,10-15H2,1-2H3,(H,26,31)(H2,27,28,29);1H. The van der Waals surface area contributed by atoms with Crippen molar-refractivity contribution >= 4 is 41.5 Å².